The first-order chi connectivity index (χ1) is 15.0. The summed E-state index contributed by atoms with van der Waals surface area (Å²) < 4.78 is 11.4. The molecule has 11 nitrogen and oxygen atoms in total. The van der Waals surface area contributed by atoms with Gasteiger partial charge in [0.2, 0.25) is 17.8 Å². The van der Waals surface area contributed by atoms with Gasteiger partial charge < -0.3 is 29.5 Å². The molecule has 31 heavy (non-hydrogen) atoms. The van der Waals surface area contributed by atoms with E-state index in [0.717, 1.165) is 0 Å². The highest BCUT2D eigenvalue weighted by Gasteiger charge is 2.20. The Morgan fingerprint density at radius 2 is 1.45 bits per heavy atom. The quantitative estimate of drug-likeness (QED) is 0.370. The van der Waals surface area contributed by atoms with Crippen LogP contribution in [0.4, 0.5) is 17.8 Å². The molecule has 3 N–H and O–H groups in total. The molecule has 1 aromatic heterocycles. The highest BCUT2D eigenvalue weighted by molar-refractivity contribution is 9.11. The molecule has 0 amide bonds. The number of hydrazone groups is 1. The number of rotatable bonds is 5. The molecule has 0 spiro atoms. The van der Waals surface area contributed by atoms with Crippen LogP contribution in [0, 0.1) is 0 Å². The molecule has 2 aliphatic rings. The Kier molecular flexibility index (Phi) is 7.05. The number of benzene rings is 1. The number of hydrogen-bond acceptors (Lipinski definition) is 11. The number of phenols is 2. The fraction of sp³-hybridized carbons (Fsp3) is 0.444. The topological polar surface area (TPSA) is 128 Å². The van der Waals surface area contributed by atoms with Gasteiger partial charge in [-0.3, -0.25) is 0 Å². The van der Waals surface area contributed by atoms with Gasteiger partial charge >= 0.3 is 0 Å². The van der Waals surface area contributed by atoms with Gasteiger partial charge in [0.25, 0.3) is 0 Å². The van der Waals surface area contributed by atoms with Gasteiger partial charge in [-0.15, -0.1) is 0 Å². The van der Waals surface area contributed by atoms with E-state index in [-0.39, 0.29) is 21.9 Å². The van der Waals surface area contributed by atoms with E-state index in [1.54, 1.807) is 6.07 Å². The average molecular weight is 559 g/mol. The molecule has 0 unspecified atom stereocenters. The number of hydrogen-bond donors (Lipinski definition) is 3. The Balaban J connectivity index is 1.58. The van der Waals surface area contributed by atoms with E-state index in [9.17, 15) is 10.2 Å². The van der Waals surface area contributed by atoms with Crippen molar-refractivity contribution >= 4 is 55.9 Å². The molecule has 0 atom stereocenters. The summed E-state index contributed by atoms with van der Waals surface area (Å²) in [5.74, 6) is 1.16. The molecule has 4 rings (SSSR count). The molecular formula is C18H21Br2N7O4. The van der Waals surface area contributed by atoms with Gasteiger partial charge in [0.1, 0.15) is 16.0 Å². The van der Waals surface area contributed by atoms with Gasteiger partial charge in [-0.2, -0.15) is 20.1 Å². The zero-order valence-corrected chi connectivity index (χ0v) is 19.6. The van der Waals surface area contributed by atoms with Gasteiger partial charge in [-0.1, -0.05) is 0 Å². The fourth-order valence-electron chi connectivity index (χ4n) is 3.09. The number of nitrogens with zero attached hydrogens (tertiary/aromatic N) is 6. The summed E-state index contributed by atoms with van der Waals surface area (Å²) in [6.07, 6.45) is 1.41. The maximum absolute atomic E-state index is 10.2. The summed E-state index contributed by atoms with van der Waals surface area (Å²) in [4.78, 5) is 17.7. The van der Waals surface area contributed by atoms with E-state index in [1.807, 2.05) is 9.80 Å². The highest BCUT2D eigenvalue weighted by Crippen LogP contribution is 2.40. The van der Waals surface area contributed by atoms with Crippen LogP contribution < -0.4 is 15.2 Å². The minimum atomic E-state index is -0.134. The van der Waals surface area contributed by atoms with Crippen molar-refractivity contribution in [2.45, 2.75) is 0 Å². The molecule has 2 aromatic rings. The molecule has 0 saturated carbocycles. The summed E-state index contributed by atoms with van der Waals surface area (Å²) >= 11 is 6.39. The normalized spacial score (nSPS) is 17.4. The van der Waals surface area contributed by atoms with Gasteiger partial charge in [-0.25, -0.2) is 5.43 Å². The van der Waals surface area contributed by atoms with Gasteiger partial charge in [-0.05, 0) is 37.9 Å². The van der Waals surface area contributed by atoms with Crippen LogP contribution in [0.3, 0.4) is 0 Å². The zero-order valence-electron chi connectivity index (χ0n) is 16.5. The van der Waals surface area contributed by atoms with Gasteiger partial charge in [0, 0.05) is 31.7 Å². The van der Waals surface area contributed by atoms with Crippen molar-refractivity contribution in [2.75, 3.05) is 67.8 Å². The number of halogens is 2. The minimum absolute atomic E-state index is 0.0922. The average Bonchev–Trinajstić information content (AvgIpc) is 2.82. The lowest BCUT2D eigenvalue weighted by Crippen LogP contribution is -2.40. The predicted octanol–water partition coefficient (Wildman–Crippen LogP) is 1.93. The monoisotopic (exact) mass is 557 g/mol. The standard InChI is InChI=1S/C18H21Br2N7O4/c19-12-9-11(14(28)13(20)15(12)29)10-21-25-16-22-17(26-1-5-30-6-2-26)24-18(23-16)27-3-7-31-8-4-27/h9-10,28-29H,1-8H2,(H,22,23,24,25)/b21-10+. The van der Waals surface area contributed by atoms with Gasteiger partial charge in [0.05, 0.1) is 37.1 Å². The summed E-state index contributed by atoms with van der Waals surface area (Å²) in [5, 5.41) is 24.2. The molecule has 2 fully saturated rings. The molecule has 2 saturated heterocycles. The highest BCUT2D eigenvalue weighted by atomic mass is 79.9. The van der Waals surface area contributed by atoms with Crippen molar-refractivity contribution < 1.29 is 19.7 Å². The van der Waals surface area contributed by atoms with Crippen LogP contribution in [0.5, 0.6) is 11.5 Å². The van der Waals surface area contributed by atoms with E-state index in [4.69, 9.17) is 9.47 Å². The Bertz CT molecular complexity index is 930. The SMILES string of the molecule is Oc1c(Br)cc(/C=N/Nc2nc(N3CCOCC3)nc(N3CCOCC3)n2)c(O)c1Br. The molecule has 2 aliphatic heterocycles. The number of ether oxygens (including phenoxy) is 2. The van der Waals surface area contributed by atoms with Crippen molar-refractivity contribution in [3.63, 3.8) is 0 Å². The third kappa shape index (κ3) is 5.17. The second-order valence-corrected chi connectivity index (χ2v) is 8.43. The largest absolute Gasteiger partial charge is 0.506 e. The summed E-state index contributed by atoms with van der Waals surface area (Å²) in [6, 6.07) is 1.55. The molecule has 0 aliphatic carbocycles. The molecule has 13 heteroatoms. The lowest BCUT2D eigenvalue weighted by Gasteiger charge is -2.30. The van der Waals surface area contributed by atoms with E-state index < -0.39 is 0 Å². The first kappa shape index (κ1) is 22.0. The molecule has 0 bridgehead atoms. The van der Waals surface area contributed by atoms with Gasteiger partial charge in [0.15, 0.2) is 0 Å². The minimum Gasteiger partial charge on any atom is -0.506 e. The Hall–Kier alpha value is -2.22. The Morgan fingerprint density at radius 1 is 0.903 bits per heavy atom. The maximum atomic E-state index is 10.2. The van der Waals surface area contributed by atoms with Crippen LogP contribution in [0.1, 0.15) is 5.56 Å². The summed E-state index contributed by atoms with van der Waals surface area (Å²) in [6.45, 7) is 5.23. The van der Waals surface area contributed by atoms with Crippen molar-refractivity contribution in [1.82, 2.24) is 15.0 Å². The second-order valence-electron chi connectivity index (χ2n) is 6.79. The lowest BCUT2D eigenvalue weighted by molar-refractivity contribution is 0.121. The Morgan fingerprint density at radius 3 is 2.00 bits per heavy atom. The molecule has 1 aromatic carbocycles. The van der Waals surface area contributed by atoms with Crippen LogP contribution in [0.2, 0.25) is 0 Å². The molecule has 166 valence electrons. The zero-order chi connectivity index (χ0) is 21.8. The number of nitrogens with one attached hydrogen (secondary N) is 1. The Labute approximate surface area is 195 Å². The third-order valence-corrected chi connectivity index (χ3v) is 6.12. The number of aromatic nitrogens is 3. The van der Waals surface area contributed by atoms with Crippen LogP contribution in [0.25, 0.3) is 0 Å². The van der Waals surface area contributed by atoms with Crippen LogP contribution in [-0.4, -0.2) is 84.0 Å². The number of morpholine rings is 2. The summed E-state index contributed by atoms with van der Waals surface area (Å²) in [7, 11) is 0. The fourth-order valence-corrected chi connectivity index (χ4v) is 4.24. The predicted molar refractivity (Wildman–Crippen MR) is 122 cm³/mol. The third-order valence-electron chi connectivity index (χ3n) is 4.77. The van der Waals surface area contributed by atoms with E-state index in [0.29, 0.717) is 74.5 Å². The van der Waals surface area contributed by atoms with E-state index in [1.165, 1.54) is 6.21 Å². The second kappa shape index (κ2) is 9.94. The molecule has 3 heterocycles. The van der Waals surface area contributed by atoms with Crippen molar-refractivity contribution in [1.29, 1.82) is 0 Å². The summed E-state index contributed by atoms with van der Waals surface area (Å²) in [5.41, 5.74) is 3.21. The van der Waals surface area contributed by atoms with Crippen molar-refractivity contribution in [3.05, 3.63) is 20.6 Å². The number of anilines is 3. The van der Waals surface area contributed by atoms with Crippen LogP contribution in [0.15, 0.2) is 20.1 Å². The first-order valence-electron chi connectivity index (χ1n) is 9.63. The van der Waals surface area contributed by atoms with Crippen molar-refractivity contribution in [3.8, 4) is 11.5 Å². The van der Waals surface area contributed by atoms with E-state index >= 15 is 0 Å². The molecule has 0 radical (unpaired) electrons. The van der Waals surface area contributed by atoms with E-state index in [2.05, 4.69) is 57.3 Å². The smallest absolute Gasteiger partial charge is 0.250 e. The van der Waals surface area contributed by atoms with Crippen LogP contribution >= 0.6 is 31.9 Å². The number of phenolic OH excluding ortho intramolecular Hbond substituents is 2. The first-order valence-corrected chi connectivity index (χ1v) is 11.2. The lowest BCUT2D eigenvalue weighted by atomic mass is 10.2. The van der Waals surface area contributed by atoms with Crippen LogP contribution in [-0.2, 0) is 9.47 Å². The molecular weight excluding hydrogens is 538 g/mol. The number of aromatic hydroxyl groups is 2. The maximum Gasteiger partial charge on any atom is 0.250 e. The van der Waals surface area contributed by atoms with Crippen molar-refractivity contribution in [2.24, 2.45) is 5.10 Å².